The van der Waals surface area contributed by atoms with Gasteiger partial charge in [-0.25, -0.2) is 4.79 Å². The van der Waals surface area contributed by atoms with E-state index >= 15 is 0 Å². The molecule has 25 heavy (non-hydrogen) atoms. The van der Waals surface area contributed by atoms with Crippen LogP contribution in [-0.2, 0) is 9.53 Å². The minimum absolute atomic E-state index is 0.114. The van der Waals surface area contributed by atoms with E-state index in [4.69, 9.17) is 0 Å². The van der Waals surface area contributed by atoms with E-state index in [1.165, 1.54) is 12.7 Å². The van der Waals surface area contributed by atoms with Crippen LogP contribution in [0.2, 0.25) is 0 Å². The third-order valence-electron chi connectivity index (χ3n) is 3.82. The lowest BCUT2D eigenvalue weighted by molar-refractivity contribution is -0.115. The molecule has 2 aromatic rings. The van der Waals surface area contributed by atoms with Crippen molar-refractivity contribution in [2.45, 2.75) is 26.2 Å². The van der Waals surface area contributed by atoms with E-state index in [-0.39, 0.29) is 5.91 Å². The van der Waals surface area contributed by atoms with Crippen molar-refractivity contribution in [1.82, 2.24) is 0 Å². The molecule has 0 aliphatic rings. The number of rotatable bonds is 7. The molecule has 2 aromatic carbocycles. The Morgan fingerprint density at radius 1 is 1.08 bits per heavy atom. The summed E-state index contributed by atoms with van der Waals surface area (Å²) in [7, 11) is 1.33. The highest BCUT2D eigenvalue weighted by Gasteiger charge is 2.09. The summed E-state index contributed by atoms with van der Waals surface area (Å²) in [6.45, 7) is 4.81. The maximum Gasteiger partial charge on any atom is 0.337 e. The molecule has 0 unspecified atom stereocenters. The van der Waals surface area contributed by atoms with Gasteiger partial charge in [0.15, 0.2) is 0 Å². The fraction of sp³-hybridized carbons (Fsp3) is 0.300. The van der Waals surface area contributed by atoms with Gasteiger partial charge in [-0.1, -0.05) is 38.1 Å². The summed E-state index contributed by atoms with van der Waals surface area (Å²) in [5, 5.41) is 6.11. The maximum absolute atomic E-state index is 12.1. The zero-order chi connectivity index (χ0) is 18.2. The number of ether oxygens (including phenoxy) is 1. The number of benzene rings is 2. The molecule has 2 N–H and O–H groups in total. The fourth-order valence-electron chi connectivity index (χ4n) is 2.54. The molecule has 0 saturated carbocycles. The number of carbonyl (C=O) groups is 2. The zero-order valence-electron chi connectivity index (χ0n) is 14.8. The van der Waals surface area contributed by atoms with Gasteiger partial charge in [-0.15, -0.1) is 0 Å². The third kappa shape index (κ3) is 5.35. The van der Waals surface area contributed by atoms with Gasteiger partial charge in [0.1, 0.15) is 0 Å². The van der Waals surface area contributed by atoms with Crippen LogP contribution in [0.3, 0.4) is 0 Å². The molecule has 0 fully saturated rings. The number of carbonyl (C=O) groups excluding carboxylic acids is 2. The number of hydrogen-bond donors (Lipinski definition) is 2. The third-order valence-corrected chi connectivity index (χ3v) is 3.82. The van der Waals surface area contributed by atoms with Crippen molar-refractivity contribution in [2.24, 2.45) is 0 Å². The Balaban J connectivity index is 1.88. The van der Waals surface area contributed by atoms with Crippen molar-refractivity contribution < 1.29 is 14.3 Å². The lowest BCUT2D eigenvalue weighted by Gasteiger charge is -2.14. The second-order valence-electron chi connectivity index (χ2n) is 6.04. The van der Waals surface area contributed by atoms with E-state index in [0.29, 0.717) is 30.1 Å². The monoisotopic (exact) mass is 340 g/mol. The van der Waals surface area contributed by atoms with Gasteiger partial charge in [-0.05, 0) is 35.7 Å². The molecule has 0 aliphatic heterocycles. The summed E-state index contributed by atoms with van der Waals surface area (Å²) >= 11 is 0. The number of anilines is 2. The molecule has 132 valence electrons. The highest BCUT2D eigenvalue weighted by molar-refractivity contribution is 5.94. The number of amides is 1. The Morgan fingerprint density at radius 2 is 1.84 bits per heavy atom. The number of methoxy groups -OCH3 is 1. The van der Waals surface area contributed by atoms with Gasteiger partial charge in [0.25, 0.3) is 0 Å². The normalized spacial score (nSPS) is 10.4. The van der Waals surface area contributed by atoms with Crippen LogP contribution in [0.4, 0.5) is 11.4 Å². The van der Waals surface area contributed by atoms with Crippen molar-refractivity contribution in [3.05, 3.63) is 59.7 Å². The SMILES string of the molecule is COC(=O)c1cccc(NC(=O)CCNc2ccccc2C(C)C)c1. The summed E-state index contributed by atoms with van der Waals surface area (Å²) in [6, 6.07) is 14.8. The lowest BCUT2D eigenvalue weighted by Crippen LogP contribution is -2.17. The smallest absolute Gasteiger partial charge is 0.337 e. The number of para-hydroxylation sites is 1. The molecule has 1 amide bonds. The fourth-order valence-corrected chi connectivity index (χ4v) is 2.54. The first-order valence-electron chi connectivity index (χ1n) is 8.32. The summed E-state index contributed by atoms with van der Waals surface area (Å²) in [4.78, 5) is 23.6. The Labute approximate surface area is 148 Å². The lowest BCUT2D eigenvalue weighted by atomic mass is 10.0. The van der Waals surface area contributed by atoms with Crippen LogP contribution in [0.1, 0.15) is 42.1 Å². The highest BCUT2D eigenvalue weighted by Crippen LogP contribution is 2.23. The van der Waals surface area contributed by atoms with Crippen LogP contribution < -0.4 is 10.6 Å². The van der Waals surface area contributed by atoms with Crippen molar-refractivity contribution in [3.8, 4) is 0 Å². The molecule has 5 nitrogen and oxygen atoms in total. The summed E-state index contributed by atoms with van der Waals surface area (Å²) < 4.78 is 4.68. The van der Waals surface area contributed by atoms with Crippen LogP contribution in [0.25, 0.3) is 0 Å². The molecule has 0 atom stereocenters. The molecule has 0 radical (unpaired) electrons. The van der Waals surface area contributed by atoms with Gasteiger partial charge in [-0.3, -0.25) is 4.79 Å². The molecule has 0 bridgehead atoms. The Hall–Kier alpha value is -2.82. The maximum atomic E-state index is 12.1. The van der Waals surface area contributed by atoms with Crippen LogP contribution in [0.5, 0.6) is 0 Å². The predicted molar refractivity (Wildman–Crippen MR) is 100 cm³/mol. The van der Waals surface area contributed by atoms with E-state index < -0.39 is 5.97 Å². The van der Waals surface area contributed by atoms with Crippen molar-refractivity contribution in [3.63, 3.8) is 0 Å². The minimum atomic E-state index is -0.428. The Kier molecular flexibility index (Phi) is 6.57. The summed E-state index contributed by atoms with van der Waals surface area (Å²) in [5.41, 5.74) is 3.27. The van der Waals surface area contributed by atoms with E-state index in [1.807, 2.05) is 18.2 Å². The molecule has 0 saturated heterocycles. The summed E-state index contributed by atoms with van der Waals surface area (Å²) in [5.74, 6) is -0.127. The van der Waals surface area contributed by atoms with Gasteiger partial charge >= 0.3 is 5.97 Å². The quantitative estimate of drug-likeness (QED) is 0.747. The zero-order valence-corrected chi connectivity index (χ0v) is 14.8. The van der Waals surface area contributed by atoms with Crippen molar-refractivity contribution >= 4 is 23.3 Å². The number of nitrogens with one attached hydrogen (secondary N) is 2. The topological polar surface area (TPSA) is 67.4 Å². The Morgan fingerprint density at radius 3 is 2.56 bits per heavy atom. The largest absolute Gasteiger partial charge is 0.465 e. The molecule has 0 aliphatic carbocycles. The van der Waals surface area contributed by atoms with Crippen molar-refractivity contribution in [2.75, 3.05) is 24.3 Å². The van der Waals surface area contributed by atoms with E-state index in [2.05, 4.69) is 35.3 Å². The van der Waals surface area contributed by atoms with E-state index in [9.17, 15) is 9.59 Å². The second-order valence-corrected chi connectivity index (χ2v) is 6.04. The number of hydrogen-bond acceptors (Lipinski definition) is 4. The average Bonchev–Trinajstić information content (AvgIpc) is 2.61. The van der Waals surface area contributed by atoms with Crippen molar-refractivity contribution in [1.29, 1.82) is 0 Å². The minimum Gasteiger partial charge on any atom is -0.465 e. The molecule has 0 heterocycles. The molecule has 0 aromatic heterocycles. The second kappa shape index (κ2) is 8.87. The first kappa shape index (κ1) is 18.5. The van der Waals surface area contributed by atoms with Gasteiger partial charge in [0.05, 0.1) is 12.7 Å². The first-order chi connectivity index (χ1) is 12.0. The predicted octanol–water partition coefficient (Wildman–Crippen LogP) is 4.04. The van der Waals surface area contributed by atoms with E-state index in [1.54, 1.807) is 24.3 Å². The average molecular weight is 340 g/mol. The standard InChI is InChI=1S/C20H24N2O3/c1-14(2)17-9-4-5-10-18(17)21-12-11-19(23)22-16-8-6-7-15(13-16)20(24)25-3/h4-10,13-14,21H,11-12H2,1-3H3,(H,22,23). The molecular weight excluding hydrogens is 316 g/mol. The van der Waals surface area contributed by atoms with Crippen LogP contribution >= 0.6 is 0 Å². The first-order valence-corrected chi connectivity index (χ1v) is 8.32. The highest BCUT2D eigenvalue weighted by atomic mass is 16.5. The molecule has 0 spiro atoms. The summed E-state index contributed by atoms with van der Waals surface area (Å²) in [6.07, 6.45) is 0.328. The van der Waals surface area contributed by atoms with Gasteiger partial charge in [0.2, 0.25) is 5.91 Å². The van der Waals surface area contributed by atoms with Crippen LogP contribution in [0, 0.1) is 0 Å². The molecule has 2 rings (SSSR count). The molecular formula is C20H24N2O3. The Bertz CT molecular complexity index is 741. The van der Waals surface area contributed by atoms with Gasteiger partial charge in [-0.2, -0.15) is 0 Å². The number of esters is 1. The van der Waals surface area contributed by atoms with Crippen LogP contribution in [0.15, 0.2) is 48.5 Å². The van der Waals surface area contributed by atoms with E-state index in [0.717, 1.165) is 5.69 Å². The molecule has 5 heteroatoms. The van der Waals surface area contributed by atoms with Gasteiger partial charge < -0.3 is 15.4 Å². The van der Waals surface area contributed by atoms with Gasteiger partial charge in [0, 0.05) is 24.3 Å². The van der Waals surface area contributed by atoms with Crippen LogP contribution in [-0.4, -0.2) is 25.5 Å².